The first kappa shape index (κ1) is 9.01. The molecule has 66 valence electrons. The second-order valence-corrected chi connectivity index (χ2v) is 4.49. The molecule has 0 radical (unpaired) electrons. The minimum atomic E-state index is -0.267. The van der Waals surface area contributed by atoms with E-state index >= 15 is 0 Å². The molecule has 0 amide bonds. The van der Waals surface area contributed by atoms with Gasteiger partial charge in [-0.05, 0) is 24.7 Å². The van der Waals surface area contributed by atoms with E-state index in [1.807, 2.05) is 0 Å². The number of rotatable bonds is 0. The van der Waals surface area contributed by atoms with Crippen molar-refractivity contribution in [2.24, 2.45) is 11.1 Å². The van der Waals surface area contributed by atoms with Gasteiger partial charge in [-0.15, -0.1) is 0 Å². The molecule has 3 N–H and O–H groups in total. The van der Waals surface area contributed by atoms with E-state index in [1.165, 1.54) is 6.42 Å². The molecule has 0 aromatic rings. The highest BCUT2D eigenvalue weighted by molar-refractivity contribution is 4.84. The van der Waals surface area contributed by atoms with Crippen LogP contribution in [0.3, 0.4) is 0 Å². The second-order valence-electron chi connectivity index (χ2n) is 4.49. The largest absolute Gasteiger partial charge is 0.392 e. The van der Waals surface area contributed by atoms with Gasteiger partial charge in [0.1, 0.15) is 0 Å². The van der Waals surface area contributed by atoms with E-state index in [1.54, 1.807) is 0 Å². The highest BCUT2D eigenvalue weighted by Crippen LogP contribution is 2.33. The Morgan fingerprint density at radius 2 is 2.09 bits per heavy atom. The topological polar surface area (TPSA) is 46.2 Å². The minimum absolute atomic E-state index is 0.00694. The maximum absolute atomic E-state index is 9.46. The average molecular weight is 157 g/mol. The van der Waals surface area contributed by atoms with E-state index < -0.39 is 0 Å². The van der Waals surface area contributed by atoms with Gasteiger partial charge in [-0.25, -0.2) is 0 Å². The highest BCUT2D eigenvalue weighted by atomic mass is 16.3. The Balaban J connectivity index is 2.55. The molecular weight excluding hydrogens is 138 g/mol. The molecule has 0 aromatic carbocycles. The summed E-state index contributed by atoms with van der Waals surface area (Å²) >= 11 is 0. The summed E-state index contributed by atoms with van der Waals surface area (Å²) in [6, 6.07) is -0.00694. The molecule has 1 fully saturated rings. The van der Waals surface area contributed by atoms with Crippen molar-refractivity contribution in [1.29, 1.82) is 0 Å². The summed E-state index contributed by atoms with van der Waals surface area (Å²) in [6.45, 7) is 4.45. The Hall–Kier alpha value is -0.0800. The Bertz CT molecular complexity index is 134. The first-order valence-electron chi connectivity index (χ1n) is 4.45. The van der Waals surface area contributed by atoms with Crippen LogP contribution < -0.4 is 5.73 Å². The van der Waals surface area contributed by atoms with Crippen LogP contribution in [0.5, 0.6) is 0 Å². The Kier molecular flexibility index (Phi) is 2.55. The van der Waals surface area contributed by atoms with Crippen LogP contribution in [0.1, 0.15) is 39.5 Å². The lowest BCUT2D eigenvalue weighted by Gasteiger charge is -2.25. The van der Waals surface area contributed by atoms with Crippen molar-refractivity contribution in [1.82, 2.24) is 0 Å². The second kappa shape index (κ2) is 3.11. The van der Waals surface area contributed by atoms with Crippen LogP contribution in [0.2, 0.25) is 0 Å². The van der Waals surface area contributed by atoms with Crippen LogP contribution in [0.4, 0.5) is 0 Å². The van der Waals surface area contributed by atoms with E-state index in [0.717, 1.165) is 19.3 Å². The molecule has 0 heterocycles. The summed E-state index contributed by atoms with van der Waals surface area (Å²) in [7, 11) is 0. The number of aliphatic hydroxyl groups is 1. The molecule has 2 atom stereocenters. The predicted octanol–water partition coefficient (Wildman–Crippen LogP) is 1.27. The lowest BCUT2D eigenvalue weighted by molar-refractivity contribution is 0.130. The number of hydrogen-bond acceptors (Lipinski definition) is 2. The molecule has 1 aliphatic rings. The van der Waals surface area contributed by atoms with Gasteiger partial charge in [-0.1, -0.05) is 20.3 Å². The fourth-order valence-corrected chi connectivity index (χ4v) is 1.88. The van der Waals surface area contributed by atoms with Crippen LogP contribution in [0, 0.1) is 5.41 Å². The summed E-state index contributed by atoms with van der Waals surface area (Å²) in [5, 5.41) is 9.46. The molecule has 0 aliphatic heterocycles. The molecule has 2 nitrogen and oxygen atoms in total. The molecule has 1 aliphatic carbocycles. The summed E-state index contributed by atoms with van der Waals surface area (Å²) < 4.78 is 0. The van der Waals surface area contributed by atoms with E-state index in [4.69, 9.17) is 5.73 Å². The van der Waals surface area contributed by atoms with Crippen LogP contribution in [0.15, 0.2) is 0 Å². The molecule has 1 saturated carbocycles. The van der Waals surface area contributed by atoms with Crippen LogP contribution in [-0.4, -0.2) is 17.3 Å². The molecule has 2 unspecified atom stereocenters. The summed E-state index contributed by atoms with van der Waals surface area (Å²) in [4.78, 5) is 0. The molecule has 0 spiro atoms. The Morgan fingerprint density at radius 1 is 1.45 bits per heavy atom. The third kappa shape index (κ3) is 2.46. The third-order valence-electron chi connectivity index (χ3n) is 2.64. The maximum Gasteiger partial charge on any atom is 0.0691 e. The first-order chi connectivity index (χ1) is 5.01. The van der Waals surface area contributed by atoms with Crippen molar-refractivity contribution in [3.63, 3.8) is 0 Å². The third-order valence-corrected chi connectivity index (χ3v) is 2.64. The van der Waals surface area contributed by atoms with Crippen LogP contribution >= 0.6 is 0 Å². The van der Waals surface area contributed by atoms with Gasteiger partial charge >= 0.3 is 0 Å². The van der Waals surface area contributed by atoms with E-state index in [0.29, 0.717) is 5.41 Å². The number of nitrogens with two attached hydrogens (primary N) is 1. The molecule has 0 bridgehead atoms. The summed E-state index contributed by atoms with van der Waals surface area (Å²) in [6.07, 6.45) is 3.87. The predicted molar refractivity (Wildman–Crippen MR) is 46.2 cm³/mol. The van der Waals surface area contributed by atoms with E-state index in [9.17, 15) is 5.11 Å². The van der Waals surface area contributed by atoms with Gasteiger partial charge in [-0.3, -0.25) is 0 Å². The summed E-state index contributed by atoms with van der Waals surface area (Å²) in [5.74, 6) is 0. The van der Waals surface area contributed by atoms with Gasteiger partial charge in [0, 0.05) is 6.04 Å². The van der Waals surface area contributed by atoms with Crippen molar-refractivity contribution in [2.45, 2.75) is 51.7 Å². The standard InChI is InChI=1S/C9H19NO/c1-9(2)5-3-4-8(11)7(10)6-9/h7-8,11H,3-6,10H2,1-2H3. The van der Waals surface area contributed by atoms with Crippen molar-refractivity contribution in [2.75, 3.05) is 0 Å². The summed E-state index contributed by atoms with van der Waals surface area (Å²) in [5.41, 5.74) is 6.13. The van der Waals surface area contributed by atoms with Gasteiger partial charge in [0.05, 0.1) is 6.10 Å². The van der Waals surface area contributed by atoms with Gasteiger partial charge in [0.25, 0.3) is 0 Å². The van der Waals surface area contributed by atoms with Gasteiger partial charge in [0.15, 0.2) is 0 Å². The van der Waals surface area contributed by atoms with E-state index in [-0.39, 0.29) is 12.1 Å². The van der Waals surface area contributed by atoms with Crippen LogP contribution in [-0.2, 0) is 0 Å². The lowest BCUT2D eigenvalue weighted by Crippen LogP contribution is -2.36. The fraction of sp³-hybridized carbons (Fsp3) is 1.00. The number of aliphatic hydroxyl groups excluding tert-OH is 1. The Morgan fingerprint density at radius 3 is 2.73 bits per heavy atom. The van der Waals surface area contributed by atoms with Crippen molar-refractivity contribution in [3.05, 3.63) is 0 Å². The van der Waals surface area contributed by atoms with E-state index in [2.05, 4.69) is 13.8 Å². The minimum Gasteiger partial charge on any atom is -0.392 e. The van der Waals surface area contributed by atoms with Crippen LogP contribution in [0.25, 0.3) is 0 Å². The highest BCUT2D eigenvalue weighted by Gasteiger charge is 2.28. The quantitative estimate of drug-likeness (QED) is 0.520. The SMILES string of the molecule is CC1(C)CCCC(O)C(N)C1. The van der Waals surface area contributed by atoms with Gasteiger partial charge in [-0.2, -0.15) is 0 Å². The Labute approximate surface area is 68.8 Å². The van der Waals surface area contributed by atoms with Crippen molar-refractivity contribution < 1.29 is 5.11 Å². The molecular formula is C9H19NO. The molecule has 0 saturated heterocycles. The normalized spacial score (nSPS) is 38.2. The zero-order valence-electron chi connectivity index (χ0n) is 7.51. The molecule has 0 aromatic heterocycles. The first-order valence-corrected chi connectivity index (χ1v) is 4.45. The smallest absolute Gasteiger partial charge is 0.0691 e. The lowest BCUT2D eigenvalue weighted by atomic mass is 9.84. The maximum atomic E-state index is 9.46. The molecule has 2 heteroatoms. The fourth-order valence-electron chi connectivity index (χ4n) is 1.88. The molecule has 1 rings (SSSR count). The average Bonchev–Trinajstić information content (AvgIpc) is 1.93. The van der Waals surface area contributed by atoms with Crippen molar-refractivity contribution in [3.8, 4) is 0 Å². The van der Waals surface area contributed by atoms with Gasteiger partial charge < -0.3 is 10.8 Å². The zero-order valence-corrected chi connectivity index (χ0v) is 7.51. The zero-order chi connectivity index (χ0) is 8.48. The molecule has 11 heavy (non-hydrogen) atoms. The monoisotopic (exact) mass is 157 g/mol. The van der Waals surface area contributed by atoms with Crippen molar-refractivity contribution >= 4 is 0 Å². The van der Waals surface area contributed by atoms with Gasteiger partial charge in [0.2, 0.25) is 0 Å². The number of hydrogen-bond donors (Lipinski definition) is 2.